The Hall–Kier alpha value is -1.95. The number of hydrogen-bond donors (Lipinski definition) is 1. The average Bonchev–Trinajstić information content (AvgIpc) is 2.45. The minimum atomic E-state index is -1.06. The molecule has 0 aromatic carbocycles. The molecule has 1 spiro atoms. The first-order valence-electron chi connectivity index (χ1n) is 6.72. The predicted octanol–water partition coefficient (Wildman–Crippen LogP) is 1.17. The van der Waals surface area contributed by atoms with Crippen molar-refractivity contribution in [3.05, 3.63) is 29.6 Å². The Bertz CT molecular complexity index is 554. The van der Waals surface area contributed by atoms with Crippen molar-refractivity contribution >= 4 is 11.9 Å². The van der Waals surface area contributed by atoms with Crippen LogP contribution in [0.3, 0.4) is 0 Å². The fourth-order valence-corrected chi connectivity index (χ4v) is 2.73. The molecule has 20 heavy (non-hydrogen) atoms. The normalized spacial score (nSPS) is 20.5. The molecule has 1 N–H and O–H groups in total. The Labute approximate surface area is 116 Å². The number of hydrogen-bond acceptors (Lipinski definition) is 4. The quantitative estimate of drug-likeness (QED) is 0.877. The Morgan fingerprint density at radius 1 is 1.40 bits per heavy atom. The lowest BCUT2D eigenvalue weighted by molar-refractivity contribution is -0.142. The molecule has 0 bridgehead atoms. The van der Waals surface area contributed by atoms with Crippen molar-refractivity contribution in [3.63, 3.8) is 0 Å². The average molecular weight is 276 g/mol. The van der Waals surface area contributed by atoms with Crippen molar-refractivity contribution < 1.29 is 19.4 Å². The summed E-state index contributed by atoms with van der Waals surface area (Å²) in [7, 11) is 0. The van der Waals surface area contributed by atoms with Gasteiger partial charge in [0.1, 0.15) is 5.69 Å². The molecule has 0 atom stereocenters. The lowest BCUT2D eigenvalue weighted by atomic mass is 9.79. The summed E-state index contributed by atoms with van der Waals surface area (Å²) in [5.74, 6) is -1.28. The number of morpholine rings is 1. The van der Waals surface area contributed by atoms with Gasteiger partial charge in [-0.05, 0) is 31.4 Å². The zero-order valence-electron chi connectivity index (χ0n) is 11.0. The maximum absolute atomic E-state index is 12.4. The number of ether oxygens (including phenoxy) is 1. The van der Waals surface area contributed by atoms with Gasteiger partial charge in [0.25, 0.3) is 5.91 Å². The van der Waals surface area contributed by atoms with Gasteiger partial charge in [-0.2, -0.15) is 0 Å². The third kappa shape index (κ3) is 2.27. The fourth-order valence-electron chi connectivity index (χ4n) is 2.73. The molecule has 1 saturated heterocycles. The molecule has 0 radical (unpaired) electrons. The van der Waals surface area contributed by atoms with Gasteiger partial charge in [-0.25, -0.2) is 4.79 Å². The second kappa shape index (κ2) is 4.86. The van der Waals surface area contributed by atoms with Gasteiger partial charge in [0.05, 0.1) is 24.3 Å². The van der Waals surface area contributed by atoms with E-state index in [9.17, 15) is 9.59 Å². The summed E-state index contributed by atoms with van der Waals surface area (Å²) >= 11 is 0. The van der Waals surface area contributed by atoms with E-state index in [2.05, 4.69) is 4.98 Å². The van der Waals surface area contributed by atoms with Crippen molar-refractivity contribution in [1.29, 1.82) is 0 Å². The Balaban J connectivity index is 1.78. The van der Waals surface area contributed by atoms with Crippen LogP contribution in [-0.2, 0) is 4.74 Å². The topological polar surface area (TPSA) is 79.7 Å². The van der Waals surface area contributed by atoms with Gasteiger partial charge in [0.15, 0.2) is 0 Å². The van der Waals surface area contributed by atoms with Crippen LogP contribution < -0.4 is 0 Å². The minimum absolute atomic E-state index is 0.0787. The molecule has 2 aliphatic rings. The maximum Gasteiger partial charge on any atom is 0.335 e. The van der Waals surface area contributed by atoms with E-state index < -0.39 is 5.97 Å². The Morgan fingerprint density at radius 2 is 2.20 bits per heavy atom. The summed E-state index contributed by atoms with van der Waals surface area (Å²) < 4.78 is 5.77. The van der Waals surface area contributed by atoms with Crippen molar-refractivity contribution in [3.8, 4) is 0 Å². The third-order valence-electron chi connectivity index (χ3n) is 4.03. The second-order valence-electron chi connectivity index (χ2n) is 5.35. The zero-order valence-corrected chi connectivity index (χ0v) is 11.0. The molecular weight excluding hydrogens is 260 g/mol. The van der Waals surface area contributed by atoms with Gasteiger partial charge in [-0.15, -0.1) is 0 Å². The van der Waals surface area contributed by atoms with Crippen LogP contribution in [0.15, 0.2) is 18.3 Å². The fraction of sp³-hybridized carbons (Fsp3) is 0.500. The van der Waals surface area contributed by atoms with E-state index in [0.717, 1.165) is 19.3 Å². The van der Waals surface area contributed by atoms with Crippen LogP contribution in [0.4, 0.5) is 0 Å². The zero-order chi connectivity index (χ0) is 14.2. The minimum Gasteiger partial charge on any atom is -0.478 e. The standard InChI is InChI=1S/C14H16N2O4/c17-12(11-8-10(13(18)19)2-5-15-11)16-6-7-20-14(9-16)3-1-4-14/h2,5,8H,1,3-4,6-7,9H2,(H,18,19). The van der Waals surface area contributed by atoms with Gasteiger partial charge in [0, 0.05) is 12.7 Å². The van der Waals surface area contributed by atoms with E-state index >= 15 is 0 Å². The number of aromatic carboxylic acids is 1. The molecule has 6 nitrogen and oxygen atoms in total. The van der Waals surface area contributed by atoms with E-state index in [0.29, 0.717) is 19.7 Å². The molecule has 1 amide bonds. The highest BCUT2D eigenvalue weighted by atomic mass is 16.5. The molecule has 2 fully saturated rings. The number of carboxylic acid groups (broad SMARTS) is 1. The first-order valence-corrected chi connectivity index (χ1v) is 6.72. The first-order chi connectivity index (χ1) is 9.60. The van der Waals surface area contributed by atoms with E-state index in [1.165, 1.54) is 18.3 Å². The van der Waals surface area contributed by atoms with E-state index in [1.807, 2.05) is 0 Å². The number of amides is 1. The van der Waals surface area contributed by atoms with Crippen LogP contribution in [0.5, 0.6) is 0 Å². The third-order valence-corrected chi connectivity index (χ3v) is 4.03. The molecule has 1 saturated carbocycles. The van der Waals surface area contributed by atoms with Gasteiger partial charge in [-0.3, -0.25) is 9.78 Å². The van der Waals surface area contributed by atoms with Crippen molar-refractivity contribution in [1.82, 2.24) is 9.88 Å². The summed E-state index contributed by atoms with van der Waals surface area (Å²) in [6, 6.07) is 2.71. The Kier molecular flexibility index (Phi) is 3.17. The molecule has 1 aromatic rings. The number of nitrogens with zero attached hydrogens (tertiary/aromatic N) is 2. The number of carbonyl (C=O) groups excluding carboxylic acids is 1. The van der Waals surface area contributed by atoms with Crippen LogP contribution >= 0.6 is 0 Å². The number of rotatable bonds is 2. The smallest absolute Gasteiger partial charge is 0.335 e. The largest absolute Gasteiger partial charge is 0.478 e. The van der Waals surface area contributed by atoms with E-state index in [4.69, 9.17) is 9.84 Å². The molecule has 1 aliphatic carbocycles. The summed E-state index contributed by atoms with van der Waals surface area (Å²) in [4.78, 5) is 29.1. The number of pyridine rings is 1. The monoisotopic (exact) mass is 276 g/mol. The molecule has 2 heterocycles. The van der Waals surface area contributed by atoms with Crippen LogP contribution in [0.1, 0.15) is 40.1 Å². The summed E-state index contributed by atoms with van der Waals surface area (Å²) in [6.07, 6.45) is 4.46. The summed E-state index contributed by atoms with van der Waals surface area (Å²) in [5, 5.41) is 8.96. The maximum atomic E-state index is 12.4. The lowest BCUT2D eigenvalue weighted by Crippen LogP contribution is -2.57. The van der Waals surface area contributed by atoms with Crippen LogP contribution in [0.25, 0.3) is 0 Å². The van der Waals surface area contributed by atoms with Crippen LogP contribution in [-0.4, -0.2) is 52.2 Å². The molecule has 1 aliphatic heterocycles. The molecule has 6 heteroatoms. The van der Waals surface area contributed by atoms with Crippen molar-refractivity contribution in [2.45, 2.75) is 24.9 Å². The number of aromatic nitrogens is 1. The van der Waals surface area contributed by atoms with Crippen LogP contribution in [0.2, 0.25) is 0 Å². The highest BCUT2D eigenvalue weighted by Crippen LogP contribution is 2.38. The first kappa shape index (κ1) is 13.1. The summed E-state index contributed by atoms with van der Waals surface area (Å²) in [6.45, 7) is 1.63. The highest BCUT2D eigenvalue weighted by molar-refractivity contribution is 5.95. The predicted molar refractivity (Wildman–Crippen MR) is 69.6 cm³/mol. The van der Waals surface area contributed by atoms with Gasteiger partial charge >= 0.3 is 5.97 Å². The molecular formula is C14H16N2O4. The van der Waals surface area contributed by atoms with Crippen molar-refractivity contribution in [2.24, 2.45) is 0 Å². The Morgan fingerprint density at radius 3 is 2.85 bits per heavy atom. The molecule has 0 unspecified atom stereocenters. The van der Waals surface area contributed by atoms with Gasteiger partial charge < -0.3 is 14.7 Å². The summed E-state index contributed by atoms with van der Waals surface area (Å²) in [5.41, 5.74) is 0.0921. The number of carbonyl (C=O) groups is 2. The SMILES string of the molecule is O=C(O)c1ccnc(C(=O)N2CCOC3(CCC3)C2)c1. The van der Waals surface area contributed by atoms with Crippen molar-refractivity contribution in [2.75, 3.05) is 19.7 Å². The number of carboxylic acids is 1. The van der Waals surface area contributed by atoms with Gasteiger partial charge in [0.2, 0.25) is 0 Å². The van der Waals surface area contributed by atoms with E-state index in [-0.39, 0.29) is 22.8 Å². The lowest BCUT2D eigenvalue weighted by Gasteiger charge is -2.48. The molecule has 3 rings (SSSR count). The molecule has 1 aromatic heterocycles. The van der Waals surface area contributed by atoms with E-state index in [1.54, 1.807) is 4.90 Å². The highest BCUT2D eigenvalue weighted by Gasteiger charge is 2.43. The van der Waals surface area contributed by atoms with Crippen LogP contribution in [0, 0.1) is 0 Å². The molecule has 106 valence electrons. The second-order valence-corrected chi connectivity index (χ2v) is 5.35. The van der Waals surface area contributed by atoms with Gasteiger partial charge in [-0.1, -0.05) is 0 Å².